The van der Waals surface area contributed by atoms with Crippen molar-refractivity contribution in [3.8, 4) is 0 Å². The number of anilines is 1. The van der Waals surface area contributed by atoms with E-state index in [0.29, 0.717) is 0 Å². The van der Waals surface area contributed by atoms with Crippen LogP contribution in [0.3, 0.4) is 0 Å². The van der Waals surface area contributed by atoms with Crippen molar-refractivity contribution in [3.05, 3.63) is 17.3 Å². The first-order valence-electron chi connectivity index (χ1n) is 5.61. The molecule has 1 saturated carbocycles. The molecule has 2 heterocycles. The Kier molecular flexibility index (Phi) is 2.37. The van der Waals surface area contributed by atoms with Crippen molar-refractivity contribution in [1.82, 2.24) is 14.7 Å². The van der Waals surface area contributed by atoms with Crippen molar-refractivity contribution in [2.75, 3.05) is 19.0 Å². The molecular formula is C11H16N4S. The van der Waals surface area contributed by atoms with Gasteiger partial charge in [-0.25, -0.2) is 4.98 Å². The van der Waals surface area contributed by atoms with E-state index in [2.05, 4.69) is 31.2 Å². The standard InChI is InChI=1S/C11H16N4S/c1-14(2)10-9(7-12-8-3-4-8)15-5-6-16-11(15)13-10/h5-6,8,12H,3-4,7H2,1-2H3. The van der Waals surface area contributed by atoms with Crippen LogP contribution < -0.4 is 10.2 Å². The Bertz CT molecular complexity index is 495. The van der Waals surface area contributed by atoms with Gasteiger partial charge in [-0.1, -0.05) is 0 Å². The molecular weight excluding hydrogens is 220 g/mol. The molecule has 16 heavy (non-hydrogen) atoms. The van der Waals surface area contributed by atoms with Gasteiger partial charge in [0, 0.05) is 38.3 Å². The van der Waals surface area contributed by atoms with Gasteiger partial charge in [-0.15, -0.1) is 11.3 Å². The molecule has 1 fully saturated rings. The summed E-state index contributed by atoms with van der Waals surface area (Å²) < 4.78 is 2.19. The number of hydrogen-bond acceptors (Lipinski definition) is 4. The SMILES string of the molecule is CN(C)c1nc2sccn2c1CNC1CC1. The number of nitrogens with zero attached hydrogens (tertiary/aromatic N) is 3. The van der Waals surface area contributed by atoms with Crippen molar-refractivity contribution in [2.45, 2.75) is 25.4 Å². The lowest BCUT2D eigenvalue weighted by molar-refractivity contribution is 0.670. The molecule has 0 atom stereocenters. The fourth-order valence-electron chi connectivity index (χ4n) is 1.87. The minimum atomic E-state index is 0.735. The van der Waals surface area contributed by atoms with Crippen LogP contribution in [0, 0.1) is 0 Å². The molecule has 1 N–H and O–H groups in total. The third-order valence-corrected chi connectivity index (χ3v) is 3.66. The molecule has 2 aromatic rings. The van der Waals surface area contributed by atoms with Gasteiger partial charge in [-0.3, -0.25) is 4.40 Å². The summed E-state index contributed by atoms with van der Waals surface area (Å²) in [5.74, 6) is 1.08. The number of thiazole rings is 1. The van der Waals surface area contributed by atoms with E-state index in [0.717, 1.165) is 23.4 Å². The lowest BCUT2D eigenvalue weighted by Gasteiger charge is -2.12. The quantitative estimate of drug-likeness (QED) is 0.877. The zero-order chi connectivity index (χ0) is 11.1. The van der Waals surface area contributed by atoms with Crippen molar-refractivity contribution >= 4 is 22.1 Å². The van der Waals surface area contributed by atoms with E-state index in [4.69, 9.17) is 0 Å². The summed E-state index contributed by atoms with van der Waals surface area (Å²) >= 11 is 1.69. The van der Waals surface area contributed by atoms with Gasteiger partial charge in [0.1, 0.15) is 0 Å². The lowest BCUT2D eigenvalue weighted by Crippen LogP contribution is -2.19. The van der Waals surface area contributed by atoms with Crippen LogP contribution in [-0.4, -0.2) is 29.5 Å². The largest absolute Gasteiger partial charge is 0.361 e. The third-order valence-electron chi connectivity index (χ3n) is 2.90. The summed E-state index contributed by atoms with van der Waals surface area (Å²) in [7, 11) is 4.10. The monoisotopic (exact) mass is 236 g/mol. The van der Waals surface area contributed by atoms with Crippen LogP contribution in [0.1, 0.15) is 18.5 Å². The fourth-order valence-corrected chi connectivity index (χ4v) is 2.60. The number of hydrogen-bond donors (Lipinski definition) is 1. The highest BCUT2D eigenvalue weighted by Gasteiger charge is 2.22. The molecule has 2 aromatic heterocycles. The first kappa shape index (κ1) is 10.1. The number of imidazole rings is 1. The number of aromatic nitrogens is 2. The van der Waals surface area contributed by atoms with Crippen LogP contribution in [0.5, 0.6) is 0 Å². The summed E-state index contributed by atoms with van der Waals surface area (Å²) in [6, 6.07) is 0.735. The molecule has 4 nitrogen and oxygen atoms in total. The normalized spacial score (nSPS) is 15.9. The molecule has 1 aliphatic rings. The van der Waals surface area contributed by atoms with Gasteiger partial charge >= 0.3 is 0 Å². The molecule has 0 radical (unpaired) electrons. The fraction of sp³-hybridized carbons (Fsp3) is 0.545. The molecule has 0 bridgehead atoms. The van der Waals surface area contributed by atoms with Crippen LogP contribution in [0.4, 0.5) is 5.82 Å². The molecule has 0 aromatic carbocycles. The van der Waals surface area contributed by atoms with Crippen molar-refractivity contribution in [2.24, 2.45) is 0 Å². The summed E-state index contributed by atoms with van der Waals surface area (Å²) in [6.45, 7) is 0.913. The Labute approximate surface area is 98.9 Å². The van der Waals surface area contributed by atoms with Gasteiger partial charge in [0.15, 0.2) is 10.8 Å². The summed E-state index contributed by atoms with van der Waals surface area (Å²) in [6.07, 6.45) is 4.75. The predicted octanol–water partition coefficient (Wildman–Crippen LogP) is 1.71. The highest BCUT2D eigenvalue weighted by atomic mass is 32.1. The highest BCUT2D eigenvalue weighted by molar-refractivity contribution is 7.15. The first-order chi connectivity index (χ1) is 7.75. The molecule has 0 unspecified atom stereocenters. The van der Waals surface area contributed by atoms with Gasteiger partial charge in [0.05, 0.1) is 5.69 Å². The van der Waals surface area contributed by atoms with E-state index in [1.807, 2.05) is 14.1 Å². The van der Waals surface area contributed by atoms with Crippen molar-refractivity contribution in [3.63, 3.8) is 0 Å². The van der Waals surface area contributed by atoms with Crippen molar-refractivity contribution in [1.29, 1.82) is 0 Å². The lowest BCUT2D eigenvalue weighted by atomic mass is 10.4. The average molecular weight is 236 g/mol. The summed E-state index contributed by atoms with van der Waals surface area (Å²) in [5, 5.41) is 5.64. The minimum absolute atomic E-state index is 0.735. The zero-order valence-electron chi connectivity index (χ0n) is 9.60. The first-order valence-corrected chi connectivity index (χ1v) is 6.49. The van der Waals surface area contributed by atoms with E-state index in [9.17, 15) is 0 Å². The van der Waals surface area contributed by atoms with Gasteiger partial charge < -0.3 is 10.2 Å². The van der Waals surface area contributed by atoms with Gasteiger partial charge in [0.2, 0.25) is 0 Å². The molecule has 86 valence electrons. The Morgan fingerprint density at radius 3 is 3.06 bits per heavy atom. The zero-order valence-corrected chi connectivity index (χ0v) is 10.4. The minimum Gasteiger partial charge on any atom is -0.361 e. The highest BCUT2D eigenvalue weighted by Crippen LogP contribution is 2.25. The van der Waals surface area contributed by atoms with E-state index in [1.54, 1.807) is 11.3 Å². The molecule has 3 rings (SSSR count). The van der Waals surface area contributed by atoms with Gasteiger partial charge in [0.25, 0.3) is 0 Å². The van der Waals surface area contributed by atoms with Crippen molar-refractivity contribution < 1.29 is 0 Å². The van der Waals surface area contributed by atoms with E-state index in [-0.39, 0.29) is 0 Å². The topological polar surface area (TPSA) is 32.6 Å². The Morgan fingerprint density at radius 2 is 2.38 bits per heavy atom. The molecule has 0 aliphatic heterocycles. The third kappa shape index (κ3) is 1.70. The average Bonchev–Trinajstić information content (AvgIpc) is 2.84. The van der Waals surface area contributed by atoms with E-state index < -0.39 is 0 Å². The molecule has 0 saturated heterocycles. The molecule has 5 heteroatoms. The van der Waals surface area contributed by atoms with Gasteiger partial charge in [-0.05, 0) is 12.8 Å². The van der Waals surface area contributed by atoms with E-state index in [1.165, 1.54) is 18.5 Å². The molecule has 0 spiro atoms. The molecule has 0 amide bonds. The van der Waals surface area contributed by atoms with Crippen LogP contribution >= 0.6 is 11.3 Å². The maximum Gasteiger partial charge on any atom is 0.195 e. The second-order valence-corrected chi connectivity index (χ2v) is 5.36. The van der Waals surface area contributed by atoms with Crippen LogP contribution in [0.25, 0.3) is 4.96 Å². The summed E-state index contributed by atoms with van der Waals surface area (Å²) in [5.41, 5.74) is 1.27. The smallest absolute Gasteiger partial charge is 0.195 e. The second kappa shape index (κ2) is 3.75. The second-order valence-electron chi connectivity index (χ2n) is 4.49. The maximum atomic E-state index is 4.64. The summed E-state index contributed by atoms with van der Waals surface area (Å²) in [4.78, 5) is 7.80. The van der Waals surface area contributed by atoms with Gasteiger partial charge in [-0.2, -0.15) is 0 Å². The van der Waals surface area contributed by atoms with Crippen LogP contribution in [0.15, 0.2) is 11.6 Å². The van der Waals surface area contributed by atoms with Crippen LogP contribution in [0.2, 0.25) is 0 Å². The number of fused-ring (bicyclic) bond motifs is 1. The Morgan fingerprint density at radius 1 is 1.56 bits per heavy atom. The Hall–Kier alpha value is -1.07. The molecule has 1 aliphatic carbocycles. The maximum absolute atomic E-state index is 4.64. The number of nitrogens with one attached hydrogen (secondary N) is 1. The Balaban J connectivity index is 1.95. The predicted molar refractivity (Wildman–Crippen MR) is 67.3 cm³/mol. The van der Waals surface area contributed by atoms with E-state index >= 15 is 0 Å². The number of rotatable bonds is 4. The van der Waals surface area contributed by atoms with Crippen LogP contribution in [-0.2, 0) is 6.54 Å².